The molecule has 24 heavy (non-hydrogen) atoms. The molecule has 0 saturated carbocycles. The smallest absolute Gasteiger partial charge is 0.230 e. The molecule has 2 heterocycles. The van der Waals surface area contributed by atoms with Crippen LogP contribution in [0.4, 0.5) is 11.9 Å². The van der Waals surface area contributed by atoms with Gasteiger partial charge in [0.1, 0.15) is 5.82 Å². The fraction of sp³-hybridized carbons (Fsp3) is 0.812. The first kappa shape index (κ1) is 18.9. The Balaban J connectivity index is 2.45. The Bertz CT molecular complexity index is 657. The minimum absolute atomic E-state index is 0.147. The quantitative estimate of drug-likeness (QED) is 0.797. The third-order valence-corrected chi connectivity index (χ3v) is 7.63. The largest absolute Gasteiger partial charge is 0.347 e. The summed E-state index contributed by atoms with van der Waals surface area (Å²) in [5.74, 6) is 2.25. The first-order valence-electron chi connectivity index (χ1n) is 8.56. The minimum atomic E-state index is -3.10. The lowest BCUT2D eigenvalue weighted by atomic mass is 10.0. The van der Waals surface area contributed by atoms with Crippen molar-refractivity contribution in [1.29, 1.82) is 0 Å². The highest BCUT2D eigenvalue weighted by molar-refractivity contribution is 7.92. The molecule has 1 aromatic rings. The van der Waals surface area contributed by atoms with Gasteiger partial charge in [-0.2, -0.15) is 15.0 Å². The van der Waals surface area contributed by atoms with E-state index in [-0.39, 0.29) is 11.7 Å². The number of nitrogens with zero attached hydrogens (tertiary/aromatic N) is 5. The van der Waals surface area contributed by atoms with Crippen LogP contribution in [0.5, 0.6) is 0 Å². The second-order valence-electron chi connectivity index (χ2n) is 6.97. The predicted molar refractivity (Wildman–Crippen MR) is 97.6 cm³/mol. The van der Waals surface area contributed by atoms with Crippen molar-refractivity contribution < 1.29 is 8.42 Å². The zero-order valence-corrected chi connectivity index (χ0v) is 16.4. The summed E-state index contributed by atoms with van der Waals surface area (Å²) >= 11 is 0. The van der Waals surface area contributed by atoms with Crippen LogP contribution in [0.3, 0.4) is 0 Å². The van der Waals surface area contributed by atoms with Crippen molar-refractivity contribution in [3.8, 4) is 0 Å². The monoisotopic (exact) mass is 355 g/mol. The van der Waals surface area contributed by atoms with E-state index < -0.39 is 14.6 Å². The zero-order chi connectivity index (χ0) is 18.1. The molecular formula is C16H29N5O2S. The maximum Gasteiger partial charge on any atom is 0.230 e. The summed E-state index contributed by atoms with van der Waals surface area (Å²) in [5.41, 5.74) is 0. The zero-order valence-electron chi connectivity index (χ0n) is 15.6. The van der Waals surface area contributed by atoms with E-state index >= 15 is 0 Å². The van der Waals surface area contributed by atoms with Crippen LogP contribution in [0.15, 0.2) is 0 Å². The second kappa shape index (κ2) is 6.82. The minimum Gasteiger partial charge on any atom is -0.347 e. The molecule has 2 rings (SSSR count). The van der Waals surface area contributed by atoms with E-state index in [0.29, 0.717) is 37.8 Å². The van der Waals surface area contributed by atoms with Crippen LogP contribution in [-0.2, 0) is 9.84 Å². The Morgan fingerprint density at radius 3 is 2.29 bits per heavy atom. The van der Waals surface area contributed by atoms with Crippen LogP contribution in [0.1, 0.15) is 52.3 Å². The summed E-state index contributed by atoms with van der Waals surface area (Å²) in [6, 6.07) is 0. The third kappa shape index (κ3) is 3.34. The van der Waals surface area contributed by atoms with Gasteiger partial charge in [0.05, 0.1) is 10.5 Å². The van der Waals surface area contributed by atoms with Crippen molar-refractivity contribution in [2.75, 3.05) is 42.7 Å². The number of rotatable bonds is 5. The van der Waals surface area contributed by atoms with Gasteiger partial charge in [0.25, 0.3) is 0 Å². The molecule has 1 aliphatic heterocycles. The van der Waals surface area contributed by atoms with Crippen molar-refractivity contribution in [1.82, 2.24) is 15.0 Å². The van der Waals surface area contributed by atoms with E-state index in [2.05, 4.69) is 15.0 Å². The van der Waals surface area contributed by atoms with Gasteiger partial charge in [-0.05, 0) is 12.8 Å². The number of anilines is 2. The van der Waals surface area contributed by atoms with Crippen molar-refractivity contribution in [2.24, 2.45) is 0 Å². The average molecular weight is 356 g/mol. The predicted octanol–water partition coefficient (Wildman–Crippen LogP) is 1.85. The summed E-state index contributed by atoms with van der Waals surface area (Å²) < 4.78 is 24.5. The molecule has 136 valence electrons. The molecule has 0 atom stereocenters. The molecule has 8 heteroatoms. The molecular weight excluding hydrogens is 326 g/mol. The van der Waals surface area contributed by atoms with Gasteiger partial charge >= 0.3 is 0 Å². The van der Waals surface area contributed by atoms with Gasteiger partial charge in [0, 0.05) is 33.1 Å². The first-order valence-corrected chi connectivity index (χ1v) is 10.2. The van der Waals surface area contributed by atoms with Crippen LogP contribution in [0, 0.1) is 0 Å². The highest BCUT2D eigenvalue weighted by Crippen LogP contribution is 2.33. The summed E-state index contributed by atoms with van der Waals surface area (Å²) in [7, 11) is 0.688. The van der Waals surface area contributed by atoms with Crippen molar-refractivity contribution >= 4 is 21.7 Å². The molecule has 1 saturated heterocycles. The molecule has 0 bridgehead atoms. The molecule has 1 fully saturated rings. The summed E-state index contributed by atoms with van der Waals surface area (Å²) in [6.45, 7) is 8.85. The Labute approximate surface area is 145 Å². The number of hydrogen-bond acceptors (Lipinski definition) is 7. The van der Waals surface area contributed by atoms with Crippen molar-refractivity contribution in [3.05, 3.63) is 5.82 Å². The topological polar surface area (TPSA) is 79.3 Å². The van der Waals surface area contributed by atoms with Crippen LogP contribution in [0.25, 0.3) is 0 Å². The van der Waals surface area contributed by atoms with Gasteiger partial charge < -0.3 is 9.80 Å². The first-order chi connectivity index (χ1) is 11.2. The van der Waals surface area contributed by atoms with Crippen LogP contribution >= 0.6 is 0 Å². The maximum absolute atomic E-state index is 12.6. The molecule has 1 aromatic heterocycles. The van der Waals surface area contributed by atoms with Gasteiger partial charge in [-0.1, -0.05) is 27.7 Å². The lowest BCUT2D eigenvalue weighted by Gasteiger charge is -2.41. The highest BCUT2D eigenvalue weighted by Gasteiger charge is 2.45. The van der Waals surface area contributed by atoms with E-state index in [9.17, 15) is 8.42 Å². The van der Waals surface area contributed by atoms with Gasteiger partial charge in [0.2, 0.25) is 11.9 Å². The normalized spacial score (nSPS) is 19.5. The van der Waals surface area contributed by atoms with Crippen molar-refractivity contribution in [3.63, 3.8) is 0 Å². The SMILES string of the molecule is CCC1(CC)CN(c2nc(C(C)C)nc(N(C)C)n2)CCS1(=O)=O. The molecule has 0 aromatic carbocycles. The second-order valence-corrected chi connectivity index (χ2v) is 9.48. The Hall–Kier alpha value is -1.44. The van der Waals surface area contributed by atoms with E-state index in [1.54, 1.807) is 0 Å². The number of aromatic nitrogens is 3. The molecule has 0 spiro atoms. The van der Waals surface area contributed by atoms with Gasteiger partial charge in [-0.25, -0.2) is 8.42 Å². The van der Waals surface area contributed by atoms with Crippen molar-refractivity contribution in [2.45, 2.75) is 51.2 Å². The summed E-state index contributed by atoms with van der Waals surface area (Å²) in [4.78, 5) is 17.5. The standard InChI is InChI=1S/C16H29N5O2S/c1-7-16(8-2)11-21(9-10-24(16,22)23)15-18-13(12(3)4)17-14(19-15)20(5)6/h12H,7-11H2,1-6H3. The molecule has 0 unspecified atom stereocenters. The Kier molecular flexibility index (Phi) is 5.37. The Morgan fingerprint density at radius 1 is 1.17 bits per heavy atom. The lowest BCUT2D eigenvalue weighted by Crippen LogP contribution is -2.56. The highest BCUT2D eigenvalue weighted by atomic mass is 32.2. The summed E-state index contributed by atoms with van der Waals surface area (Å²) in [6.07, 6.45) is 1.20. The Morgan fingerprint density at radius 2 is 1.79 bits per heavy atom. The van der Waals surface area contributed by atoms with E-state index in [1.807, 2.05) is 51.6 Å². The average Bonchev–Trinajstić information content (AvgIpc) is 2.54. The molecule has 0 aliphatic carbocycles. The third-order valence-electron chi connectivity index (χ3n) is 4.89. The maximum atomic E-state index is 12.6. The molecule has 7 nitrogen and oxygen atoms in total. The fourth-order valence-electron chi connectivity index (χ4n) is 3.03. The lowest BCUT2D eigenvalue weighted by molar-refractivity contribution is 0.455. The van der Waals surface area contributed by atoms with Crippen LogP contribution in [-0.4, -0.2) is 61.1 Å². The molecule has 0 N–H and O–H groups in total. The van der Waals surface area contributed by atoms with Crippen LogP contribution < -0.4 is 9.80 Å². The summed E-state index contributed by atoms with van der Waals surface area (Å²) in [5, 5.41) is 0. The van der Waals surface area contributed by atoms with Gasteiger partial charge in [-0.3, -0.25) is 0 Å². The van der Waals surface area contributed by atoms with E-state index in [1.165, 1.54) is 0 Å². The fourth-order valence-corrected chi connectivity index (χ4v) is 5.15. The molecule has 1 aliphatic rings. The molecule has 0 amide bonds. The number of sulfone groups is 1. The van der Waals surface area contributed by atoms with E-state index in [4.69, 9.17) is 0 Å². The van der Waals surface area contributed by atoms with Gasteiger partial charge in [-0.15, -0.1) is 0 Å². The van der Waals surface area contributed by atoms with E-state index in [0.717, 1.165) is 5.82 Å². The van der Waals surface area contributed by atoms with Gasteiger partial charge in [0.15, 0.2) is 9.84 Å². The van der Waals surface area contributed by atoms with Crippen LogP contribution in [0.2, 0.25) is 0 Å². The molecule has 0 radical (unpaired) electrons. The number of hydrogen-bond donors (Lipinski definition) is 0.